The summed E-state index contributed by atoms with van der Waals surface area (Å²) in [5, 5.41) is 4.32. The normalized spacial score (nSPS) is 26.0. The molecule has 1 aliphatic rings. The predicted octanol–water partition coefficient (Wildman–Crippen LogP) is -0.504. The molecule has 0 bridgehead atoms. The van der Waals surface area contributed by atoms with Crippen LogP contribution < -0.4 is 5.73 Å². The summed E-state index contributed by atoms with van der Waals surface area (Å²) in [6.45, 7) is 4.28. The number of carbonyl (C=O) groups is 1. The first-order chi connectivity index (χ1) is 7.99. The Morgan fingerprint density at radius 2 is 2.47 bits per heavy atom. The third-order valence-electron chi connectivity index (χ3n) is 3.03. The number of carbonyl (C=O) groups excluding carboxylic acids is 1. The van der Waals surface area contributed by atoms with Crippen LogP contribution in [0, 0.1) is 0 Å². The van der Waals surface area contributed by atoms with Crippen LogP contribution in [0.15, 0.2) is 12.3 Å². The first-order valence-electron chi connectivity index (χ1n) is 5.64. The van der Waals surface area contributed by atoms with Crippen molar-refractivity contribution in [3.8, 4) is 0 Å². The minimum Gasteiger partial charge on any atom is -0.367 e. The van der Waals surface area contributed by atoms with Crippen molar-refractivity contribution in [2.24, 2.45) is 12.8 Å². The number of aromatic nitrogens is 2. The fraction of sp³-hybridized carbons (Fsp3) is 0.636. The van der Waals surface area contributed by atoms with Crippen LogP contribution in [0.5, 0.6) is 0 Å². The van der Waals surface area contributed by atoms with Gasteiger partial charge in [0.1, 0.15) is 0 Å². The second-order valence-corrected chi connectivity index (χ2v) is 4.63. The Hall–Kier alpha value is -1.40. The molecule has 1 atom stereocenters. The Bertz CT molecular complexity index is 417. The van der Waals surface area contributed by atoms with Gasteiger partial charge in [0.2, 0.25) is 0 Å². The summed E-state index contributed by atoms with van der Waals surface area (Å²) >= 11 is 0. The van der Waals surface area contributed by atoms with Gasteiger partial charge in [0, 0.05) is 32.9 Å². The summed E-state index contributed by atoms with van der Waals surface area (Å²) in [5.74, 6) is -0.414. The quantitative estimate of drug-likeness (QED) is 0.770. The average molecular weight is 238 g/mol. The van der Waals surface area contributed by atoms with Crippen LogP contribution in [0.1, 0.15) is 12.6 Å². The number of hydrogen-bond acceptors (Lipinski definition) is 4. The van der Waals surface area contributed by atoms with Crippen molar-refractivity contribution in [3.63, 3.8) is 0 Å². The Morgan fingerprint density at radius 3 is 3.06 bits per heavy atom. The van der Waals surface area contributed by atoms with E-state index >= 15 is 0 Å². The van der Waals surface area contributed by atoms with Crippen molar-refractivity contribution in [1.29, 1.82) is 0 Å². The molecular formula is C11H18N4O2. The standard InChI is InChI=1S/C11H18N4O2/c1-11(10(12)16)8-15(5-6-17-11)7-9-3-4-14(2)13-9/h3-4H,5-8H2,1-2H3,(H2,12,16). The van der Waals surface area contributed by atoms with Gasteiger partial charge in [0.25, 0.3) is 5.91 Å². The monoisotopic (exact) mass is 238 g/mol. The molecule has 17 heavy (non-hydrogen) atoms. The lowest BCUT2D eigenvalue weighted by molar-refractivity contribution is -0.153. The summed E-state index contributed by atoms with van der Waals surface area (Å²) in [6.07, 6.45) is 1.91. The summed E-state index contributed by atoms with van der Waals surface area (Å²) < 4.78 is 7.23. The smallest absolute Gasteiger partial charge is 0.250 e. The molecule has 1 aromatic heterocycles. The van der Waals surface area contributed by atoms with Gasteiger partial charge in [-0.05, 0) is 13.0 Å². The highest BCUT2D eigenvalue weighted by Gasteiger charge is 2.37. The van der Waals surface area contributed by atoms with Gasteiger partial charge in [-0.2, -0.15) is 5.10 Å². The van der Waals surface area contributed by atoms with E-state index in [9.17, 15) is 4.79 Å². The third-order valence-corrected chi connectivity index (χ3v) is 3.03. The molecule has 6 heteroatoms. The molecule has 0 aromatic carbocycles. The van der Waals surface area contributed by atoms with Gasteiger partial charge in [-0.1, -0.05) is 0 Å². The third kappa shape index (κ3) is 2.65. The molecule has 6 nitrogen and oxygen atoms in total. The summed E-state index contributed by atoms with van der Waals surface area (Å²) in [4.78, 5) is 13.5. The van der Waals surface area contributed by atoms with Gasteiger partial charge >= 0.3 is 0 Å². The Balaban J connectivity index is 2.00. The van der Waals surface area contributed by atoms with E-state index in [1.165, 1.54) is 0 Å². The van der Waals surface area contributed by atoms with Gasteiger partial charge < -0.3 is 10.5 Å². The molecule has 94 valence electrons. The zero-order chi connectivity index (χ0) is 12.5. The molecule has 0 spiro atoms. The number of primary amides is 1. The lowest BCUT2D eigenvalue weighted by Crippen LogP contribution is -2.56. The van der Waals surface area contributed by atoms with E-state index in [-0.39, 0.29) is 0 Å². The lowest BCUT2D eigenvalue weighted by atomic mass is 10.0. The maximum Gasteiger partial charge on any atom is 0.250 e. The molecule has 0 saturated carbocycles. The highest BCUT2D eigenvalue weighted by molar-refractivity contribution is 5.83. The average Bonchev–Trinajstić information content (AvgIpc) is 2.64. The molecule has 2 heterocycles. The fourth-order valence-electron chi connectivity index (χ4n) is 2.01. The summed E-state index contributed by atoms with van der Waals surface area (Å²) in [5.41, 5.74) is 5.46. The molecule has 1 aromatic rings. The highest BCUT2D eigenvalue weighted by atomic mass is 16.5. The zero-order valence-corrected chi connectivity index (χ0v) is 10.2. The van der Waals surface area contributed by atoms with Crippen LogP contribution in [-0.4, -0.2) is 45.9 Å². The van der Waals surface area contributed by atoms with Crippen LogP contribution in [0.2, 0.25) is 0 Å². The van der Waals surface area contributed by atoms with Crippen molar-refractivity contribution < 1.29 is 9.53 Å². The zero-order valence-electron chi connectivity index (χ0n) is 10.2. The van der Waals surface area contributed by atoms with E-state index in [0.717, 1.165) is 12.2 Å². The van der Waals surface area contributed by atoms with E-state index in [4.69, 9.17) is 10.5 Å². The van der Waals surface area contributed by atoms with Crippen LogP contribution in [0.25, 0.3) is 0 Å². The molecule has 2 N–H and O–H groups in total. The van der Waals surface area contributed by atoms with Gasteiger partial charge in [0.15, 0.2) is 5.60 Å². The number of aryl methyl sites for hydroxylation is 1. The first kappa shape index (κ1) is 12.1. The van der Waals surface area contributed by atoms with Crippen LogP contribution in [-0.2, 0) is 23.1 Å². The van der Waals surface area contributed by atoms with Crippen LogP contribution in [0.3, 0.4) is 0 Å². The van der Waals surface area contributed by atoms with E-state index < -0.39 is 11.5 Å². The van der Waals surface area contributed by atoms with Gasteiger partial charge in [0.05, 0.1) is 12.3 Å². The highest BCUT2D eigenvalue weighted by Crippen LogP contribution is 2.18. The number of nitrogens with two attached hydrogens (primary N) is 1. The molecule has 1 unspecified atom stereocenters. The number of rotatable bonds is 3. The number of amides is 1. The summed E-state index contributed by atoms with van der Waals surface area (Å²) in [6, 6.07) is 1.97. The topological polar surface area (TPSA) is 73.4 Å². The van der Waals surface area contributed by atoms with E-state index in [2.05, 4.69) is 10.00 Å². The van der Waals surface area contributed by atoms with E-state index in [0.29, 0.717) is 19.7 Å². The number of hydrogen-bond donors (Lipinski definition) is 1. The Kier molecular flexibility index (Phi) is 3.17. The fourth-order valence-corrected chi connectivity index (χ4v) is 2.01. The number of nitrogens with zero attached hydrogens (tertiary/aromatic N) is 3. The maximum atomic E-state index is 11.3. The van der Waals surface area contributed by atoms with Crippen molar-refractivity contribution >= 4 is 5.91 Å². The Labute approximate surface area is 100 Å². The second kappa shape index (κ2) is 4.46. The molecular weight excluding hydrogens is 220 g/mol. The van der Waals surface area contributed by atoms with Gasteiger partial charge in [-0.3, -0.25) is 14.4 Å². The largest absolute Gasteiger partial charge is 0.367 e. The molecule has 0 aliphatic carbocycles. The molecule has 1 amide bonds. The molecule has 1 aliphatic heterocycles. The van der Waals surface area contributed by atoms with Crippen LogP contribution in [0.4, 0.5) is 0 Å². The predicted molar refractivity (Wildman–Crippen MR) is 62.0 cm³/mol. The number of ether oxygens (including phenoxy) is 1. The minimum absolute atomic E-state index is 0.414. The minimum atomic E-state index is -0.882. The molecule has 0 radical (unpaired) electrons. The van der Waals surface area contributed by atoms with Crippen molar-refractivity contribution in [1.82, 2.24) is 14.7 Å². The van der Waals surface area contributed by atoms with Gasteiger partial charge in [-0.15, -0.1) is 0 Å². The maximum absolute atomic E-state index is 11.3. The van der Waals surface area contributed by atoms with E-state index in [1.807, 2.05) is 19.3 Å². The lowest BCUT2D eigenvalue weighted by Gasteiger charge is -2.37. The van der Waals surface area contributed by atoms with Crippen LogP contribution >= 0.6 is 0 Å². The van der Waals surface area contributed by atoms with E-state index in [1.54, 1.807) is 11.6 Å². The van der Waals surface area contributed by atoms with Crippen molar-refractivity contribution in [2.45, 2.75) is 19.1 Å². The molecule has 1 fully saturated rings. The molecule has 2 rings (SSSR count). The number of morpholine rings is 1. The SMILES string of the molecule is Cn1ccc(CN2CCOC(C)(C(N)=O)C2)n1. The van der Waals surface area contributed by atoms with Crippen molar-refractivity contribution in [3.05, 3.63) is 18.0 Å². The van der Waals surface area contributed by atoms with Gasteiger partial charge in [-0.25, -0.2) is 0 Å². The molecule has 1 saturated heterocycles. The summed E-state index contributed by atoms with van der Waals surface area (Å²) in [7, 11) is 1.89. The van der Waals surface area contributed by atoms with Crippen molar-refractivity contribution in [2.75, 3.05) is 19.7 Å². The Morgan fingerprint density at radius 1 is 1.71 bits per heavy atom. The second-order valence-electron chi connectivity index (χ2n) is 4.63. The first-order valence-corrected chi connectivity index (χ1v) is 5.64.